The first kappa shape index (κ1) is 16.8. The lowest BCUT2D eigenvalue weighted by Crippen LogP contribution is -2.36. The van der Waals surface area contributed by atoms with Crippen LogP contribution in [0.5, 0.6) is 5.75 Å². The van der Waals surface area contributed by atoms with Gasteiger partial charge >= 0.3 is 0 Å². The van der Waals surface area contributed by atoms with Crippen LogP contribution in [0.2, 0.25) is 0 Å². The lowest BCUT2D eigenvalue weighted by Gasteiger charge is -2.22. The van der Waals surface area contributed by atoms with Crippen molar-refractivity contribution in [2.24, 2.45) is 0 Å². The minimum absolute atomic E-state index is 0.0153. The number of nitrogens with zero attached hydrogens (tertiary/aromatic N) is 3. The van der Waals surface area contributed by atoms with Crippen molar-refractivity contribution in [3.63, 3.8) is 0 Å². The monoisotopic (exact) mass is 371 g/mol. The standard InChI is InChI=1S/C23H21N3O2/c27-23(16-28-21-11-8-17-5-1-2-6-18(17)13-21)26(19-9-10-19)15-20-14-24-22-7-3-4-12-25(20)22/h1-8,11-14,19H,9-10,15-16H2. The average molecular weight is 371 g/mol. The second-order valence-corrected chi connectivity index (χ2v) is 7.23. The zero-order valence-corrected chi connectivity index (χ0v) is 15.5. The Bertz CT molecular complexity index is 1150. The van der Waals surface area contributed by atoms with Crippen LogP contribution in [0.15, 0.2) is 73.1 Å². The summed E-state index contributed by atoms with van der Waals surface area (Å²) in [6, 6.07) is 20.3. The quantitative estimate of drug-likeness (QED) is 0.514. The molecule has 1 fully saturated rings. The molecule has 0 spiro atoms. The first-order valence-electron chi connectivity index (χ1n) is 9.60. The second-order valence-electron chi connectivity index (χ2n) is 7.23. The molecular formula is C23H21N3O2. The SMILES string of the molecule is O=C(COc1ccc2ccccc2c1)N(Cc1cnc2ccccn12)C1CC1. The summed E-state index contributed by atoms with van der Waals surface area (Å²) in [7, 11) is 0. The number of hydrogen-bond donors (Lipinski definition) is 0. The number of fused-ring (bicyclic) bond motifs is 2. The van der Waals surface area contributed by atoms with Crippen LogP contribution in [0.4, 0.5) is 0 Å². The van der Waals surface area contributed by atoms with Gasteiger partial charge in [-0.15, -0.1) is 0 Å². The van der Waals surface area contributed by atoms with Crippen molar-refractivity contribution < 1.29 is 9.53 Å². The highest BCUT2D eigenvalue weighted by molar-refractivity contribution is 5.84. The minimum atomic E-state index is 0.0153. The molecule has 5 nitrogen and oxygen atoms in total. The summed E-state index contributed by atoms with van der Waals surface area (Å²) in [5.74, 6) is 0.735. The summed E-state index contributed by atoms with van der Waals surface area (Å²) in [6.45, 7) is 0.599. The van der Waals surface area contributed by atoms with Crippen LogP contribution in [-0.4, -0.2) is 32.8 Å². The van der Waals surface area contributed by atoms with E-state index < -0.39 is 0 Å². The lowest BCUT2D eigenvalue weighted by atomic mass is 10.1. The molecule has 140 valence electrons. The van der Waals surface area contributed by atoms with Gasteiger partial charge in [0.05, 0.1) is 18.4 Å². The zero-order valence-electron chi connectivity index (χ0n) is 15.5. The highest BCUT2D eigenvalue weighted by Gasteiger charge is 2.33. The van der Waals surface area contributed by atoms with Gasteiger partial charge in [0.15, 0.2) is 6.61 Å². The predicted molar refractivity (Wildman–Crippen MR) is 108 cm³/mol. The van der Waals surface area contributed by atoms with E-state index in [-0.39, 0.29) is 12.5 Å². The van der Waals surface area contributed by atoms with Gasteiger partial charge in [0.1, 0.15) is 11.4 Å². The van der Waals surface area contributed by atoms with E-state index in [0.717, 1.165) is 40.7 Å². The maximum atomic E-state index is 12.9. The van der Waals surface area contributed by atoms with Crippen LogP contribution in [0.3, 0.4) is 0 Å². The Hall–Kier alpha value is -3.34. The predicted octanol–water partition coefficient (Wildman–Crippen LogP) is 4.06. The molecule has 2 aromatic carbocycles. The molecule has 0 saturated heterocycles. The molecule has 4 aromatic rings. The van der Waals surface area contributed by atoms with Crippen molar-refractivity contribution in [1.82, 2.24) is 14.3 Å². The number of benzene rings is 2. The summed E-state index contributed by atoms with van der Waals surface area (Å²) >= 11 is 0. The Morgan fingerprint density at radius 3 is 2.75 bits per heavy atom. The molecule has 5 heteroatoms. The molecule has 0 bridgehead atoms. The largest absolute Gasteiger partial charge is 0.484 e. The van der Waals surface area contributed by atoms with Crippen molar-refractivity contribution in [1.29, 1.82) is 0 Å². The van der Waals surface area contributed by atoms with Gasteiger partial charge < -0.3 is 14.0 Å². The van der Waals surface area contributed by atoms with Gasteiger partial charge in [0.25, 0.3) is 5.91 Å². The number of carbonyl (C=O) groups excluding carboxylic acids is 1. The van der Waals surface area contributed by atoms with Crippen molar-refractivity contribution in [2.75, 3.05) is 6.61 Å². The molecule has 1 amide bonds. The molecule has 0 unspecified atom stereocenters. The number of carbonyl (C=O) groups is 1. The summed E-state index contributed by atoms with van der Waals surface area (Å²) in [4.78, 5) is 19.3. The first-order chi connectivity index (χ1) is 13.8. The van der Waals surface area contributed by atoms with Crippen molar-refractivity contribution in [2.45, 2.75) is 25.4 Å². The van der Waals surface area contributed by atoms with E-state index in [9.17, 15) is 4.79 Å². The molecule has 1 saturated carbocycles. The topological polar surface area (TPSA) is 46.8 Å². The number of aromatic nitrogens is 2. The number of hydrogen-bond acceptors (Lipinski definition) is 3. The van der Waals surface area contributed by atoms with E-state index in [1.54, 1.807) is 0 Å². The van der Waals surface area contributed by atoms with Crippen molar-refractivity contribution >= 4 is 22.3 Å². The van der Waals surface area contributed by atoms with Crippen LogP contribution < -0.4 is 4.74 Å². The van der Waals surface area contributed by atoms with Crippen molar-refractivity contribution in [3.8, 4) is 5.75 Å². The van der Waals surface area contributed by atoms with Gasteiger partial charge in [-0.05, 0) is 47.9 Å². The van der Waals surface area contributed by atoms with E-state index in [0.29, 0.717) is 12.6 Å². The van der Waals surface area contributed by atoms with E-state index >= 15 is 0 Å². The van der Waals surface area contributed by atoms with E-state index in [1.807, 2.05) is 76.3 Å². The zero-order chi connectivity index (χ0) is 18.9. The van der Waals surface area contributed by atoms with Crippen LogP contribution in [0.25, 0.3) is 16.4 Å². The van der Waals surface area contributed by atoms with Gasteiger partial charge in [-0.3, -0.25) is 4.79 Å². The Morgan fingerprint density at radius 2 is 1.89 bits per heavy atom. The highest BCUT2D eigenvalue weighted by Crippen LogP contribution is 2.29. The summed E-state index contributed by atoms with van der Waals surface area (Å²) in [5, 5.41) is 2.27. The molecule has 5 rings (SSSR count). The fraction of sp³-hybridized carbons (Fsp3) is 0.217. The van der Waals surface area contributed by atoms with Gasteiger partial charge in [-0.1, -0.05) is 36.4 Å². The molecule has 1 aliphatic carbocycles. The van der Waals surface area contributed by atoms with E-state index in [4.69, 9.17) is 4.74 Å². The van der Waals surface area contributed by atoms with E-state index in [2.05, 4.69) is 11.1 Å². The average Bonchev–Trinajstić information content (AvgIpc) is 3.50. The number of imidazole rings is 1. The highest BCUT2D eigenvalue weighted by atomic mass is 16.5. The number of amides is 1. The Labute approximate surface area is 163 Å². The Morgan fingerprint density at radius 1 is 1.07 bits per heavy atom. The second kappa shape index (κ2) is 7.00. The smallest absolute Gasteiger partial charge is 0.261 e. The van der Waals surface area contributed by atoms with Crippen LogP contribution in [0.1, 0.15) is 18.5 Å². The summed E-state index contributed by atoms with van der Waals surface area (Å²) in [5.41, 5.74) is 1.91. The maximum absolute atomic E-state index is 12.9. The molecule has 0 atom stereocenters. The lowest BCUT2D eigenvalue weighted by molar-refractivity contribution is -0.134. The Kier molecular flexibility index (Phi) is 4.20. The third-order valence-corrected chi connectivity index (χ3v) is 5.22. The van der Waals surface area contributed by atoms with Crippen LogP contribution in [-0.2, 0) is 11.3 Å². The number of rotatable bonds is 6. The van der Waals surface area contributed by atoms with E-state index in [1.165, 1.54) is 0 Å². The van der Waals surface area contributed by atoms with Gasteiger partial charge in [-0.25, -0.2) is 4.98 Å². The number of ether oxygens (including phenoxy) is 1. The fourth-order valence-electron chi connectivity index (χ4n) is 3.57. The normalized spacial score (nSPS) is 13.7. The molecule has 28 heavy (non-hydrogen) atoms. The fourth-order valence-corrected chi connectivity index (χ4v) is 3.57. The first-order valence-corrected chi connectivity index (χ1v) is 9.60. The van der Waals surface area contributed by atoms with Crippen molar-refractivity contribution in [3.05, 3.63) is 78.8 Å². The number of pyridine rings is 1. The summed E-state index contributed by atoms with van der Waals surface area (Å²) < 4.78 is 7.86. The molecule has 1 aliphatic rings. The molecule has 2 heterocycles. The Balaban J connectivity index is 1.30. The molecular weight excluding hydrogens is 350 g/mol. The van der Waals surface area contributed by atoms with Gasteiger partial charge in [-0.2, -0.15) is 0 Å². The summed E-state index contributed by atoms with van der Waals surface area (Å²) in [6.07, 6.45) is 5.94. The third-order valence-electron chi connectivity index (χ3n) is 5.22. The molecule has 0 N–H and O–H groups in total. The third kappa shape index (κ3) is 3.31. The molecule has 0 radical (unpaired) electrons. The van der Waals surface area contributed by atoms with Crippen LogP contribution in [0, 0.1) is 0 Å². The minimum Gasteiger partial charge on any atom is -0.484 e. The van der Waals surface area contributed by atoms with Crippen LogP contribution >= 0.6 is 0 Å². The van der Waals surface area contributed by atoms with Gasteiger partial charge in [0.2, 0.25) is 0 Å². The molecule has 0 aliphatic heterocycles. The van der Waals surface area contributed by atoms with Gasteiger partial charge in [0, 0.05) is 12.2 Å². The molecule has 2 aromatic heterocycles. The maximum Gasteiger partial charge on any atom is 0.261 e.